The summed E-state index contributed by atoms with van der Waals surface area (Å²) in [4.78, 5) is 10.2. The van der Waals surface area contributed by atoms with Crippen LogP contribution in [0.15, 0.2) is 0 Å². The molecule has 11 heavy (non-hydrogen) atoms. The summed E-state index contributed by atoms with van der Waals surface area (Å²) in [6, 6.07) is 0. The van der Waals surface area contributed by atoms with Crippen LogP contribution in [0.1, 0.15) is 33.1 Å². The Morgan fingerprint density at radius 2 is 2.00 bits per heavy atom. The fourth-order valence-corrected chi connectivity index (χ4v) is 1.10. The monoisotopic (exact) mass is 176 g/mol. The Morgan fingerprint density at radius 1 is 1.45 bits per heavy atom. The summed E-state index contributed by atoms with van der Waals surface area (Å²) < 4.78 is 4.70. The smallest absolute Gasteiger partial charge is 0.364 e. The van der Waals surface area contributed by atoms with E-state index in [1.807, 2.05) is 0 Å². The van der Waals surface area contributed by atoms with Crippen LogP contribution in [0.3, 0.4) is 0 Å². The molecule has 0 radical (unpaired) electrons. The van der Waals surface area contributed by atoms with Crippen molar-refractivity contribution in [3.05, 3.63) is 0 Å². The third kappa shape index (κ3) is 6.23. The number of rotatable bonds is 5. The maximum Gasteiger partial charge on any atom is 0.364 e. The number of carbonyl (C=O) groups excluding carboxylic acids is 1. The van der Waals surface area contributed by atoms with Gasteiger partial charge in [-0.3, -0.25) is 0 Å². The van der Waals surface area contributed by atoms with Gasteiger partial charge in [-0.2, -0.15) is 0 Å². The van der Waals surface area contributed by atoms with E-state index in [4.69, 9.17) is 4.74 Å². The van der Waals surface area contributed by atoms with E-state index in [0.29, 0.717) is 12.5 Å². The molecular weight excluding hydrogens is 160 g/mol. The van der Waals surface area contributed by atoms with Crippen molar-refractivity contribution >= 4 is 17.9 Å². The summed E-state index contributed by atoms with van der Waals surface area (Å²) in [5.41, 5.74) is 0. The molecule has 0 aliphatic rings. The number of thiol groups is 1. The van der Waals surface area contributed by atoms with Crippen molar-refractivity contribution in [2.45, 2.75) is 33.1 Å². The van der Waals surface area contributed by atoms with Crippen LogP contribution in [0.2, 0.25) is 0 Å². The Labute approximate surface area is 73.7 Å². The molecular formula is C8H16O2S. The zero-order valence-electron chi connectivity index (χ0n) is 7.17. The molecule has 0 atom stereocenters. The van der Waals surface area contributed by atoms with Crippen molar-refractivity contribution in [2.75, 3.05) is 6.61 Å². The summed E-state index contributed by atoms with van der Waals surface area (Å²) >= 11 is 3.50. The second-order valence-electron chi connectivity index (χ2n) is 2.59. The van der Waals surface area contributed by atoms with E-state index >= 15 is 0 Å². The summed E-state index contributed by atoms with van der Waals surface area (Å²) in [5, 5.41) is -0.476. The van der Waals surface area contributed by atoms with E-state index < -0.39 is 5.30 Å². The minimum Gasteiger partial charge on any atom is -0.458 e. The molecule has 0 aliphatic carbocycles. The maximum atomic E-state index is 10.2. The van der Waals surface area contributed by atoms with Gasteiger partial charge in [0.1, 0.15) is 0 Å². The molecule has 0 N–H and O–H groups in total. The van der Waals surface area contributed by atoms with E-state index in [1.54, 1.807) is 0 Å². The molecule has 0 rings (SSSR count). The number of ether oxygens (including phenoxy) is 1. The molecule has 0 unspecified atom stereocenters. The lowest BCUT2D eigenvalue weighted by atomic mass is 10.0. The molecule has 0 aliphatic heterocycles. The second-order valence-corrected chi connectivity index (χ2v) is 2.95. The molecule has 0 spiro atoms. The highest BCUT2D eigenvalue weighted by Gasteiger charge is 2.03. The van der Waals surface area contributed by atoms with Crippen molar-refractivity contribution < 1.29 is 9.53 Å². The quantitative estimate of drug-likeness (QED) is 0.515. The molecule has 0 aromatic heterocycles. The first-order valence-corrected chi connectivity index (χ1v) is 4.51. The molecule has 0 aromatic carbocycles. The molecule has 3 heteroatoms. The van der Waals surface area contributed by atoms with Gasteiger partial charge in [-0.1, -0.05) is 39.3 Å². The lowest BCUT2D eigenvalue weighted by Gasteiger charge is -2.10. The highest BCUT2D eigenvalue weighted by atomic mass is 32.1. The molecule has 2 nitrogen and oxygen atoms in total. The Bertz CT molecular complexity index is 111. The normalized spacial score (nSPS) is 10.2. The van der Waals surface area contributed by atoms with Gasteiger partial charge in [-0.15, -0.1) is 0 Å². The third-order valence-corrected chi connectivity index (χ3v) is 2.04. The summed E-state index contributed by atoms with van der Waals surface area (Å²) in [6.07, 6.45) is 3.26. The minimum absolute atomic E-state index is 0.476. The van der Waals surface area contributed by atoms with E-state index in [-0.39, 0.29) is 0 Å². The molecule has 0 saturated heterocycles. The average Bonchev–Trinajstić information content (AvgIpc) is 1.98. The van der Waals surface area contributed by atoms with Crippen LogP contribution in [0.4, 0.5) is 4.79 Å². The average molecular weight is 176 g/mol. The van der Waals surface area contributed by atoms with Gasteiger partial charge in [0.25, 0.3) is 0 Å². The van der Waals surface area contributed by atoms with Crippen LogP contribution in [-0.4, -0.2) is 11.9 Å². The van der Waals surface area contributed by atoms with Gasteiger partial charge in [-0.05, 0) is 12.3 Å². The zero-order valence-corrected chi connectivity index (χ0v) is 8.06. The van der Waals surface area contributed by atoms with Gasteiger partial charge in [0, 0.05) is 0 Å². The predicted molar refractivity (Wildman–Crippen MR) is 49.0 cm³/mol. The summed E-state index contributed by atoms with van der Waals surface area (Å²) in [6.45, 7) is 4.81. The zero-order chi connectivity index (χ0) is 8.69. The van der Waals surface area contributed by atoms with Crippen LogP contribution in [-0.2, 0) is 4.74 Å². The fourth-order valence-electron chi connectivity index (χ4n) is 1.01. The first kappa shape index (κ1) is 10.8. The Morgan fingerprint density at radius 3 is 2.36 bits per heavy atom. The highest BCUT2D eigenvalue weighted by Crippen LogP contribution is 2.12. The largest absolute Gasteiger partial charge is 0.458 e. The van der Waals surface area contributed by atoms with E-state index in [0.717, 1.165) is 19.3 Å². The summed E-state index contributed by atoms with van der Waals surface area (Å²) in [5.74, 6) is 0.683. The van der Waals surface area contributed by atoms with Gasteiger partial charge in [-0.25, -0.2) is 4.79 Å². The Kier molecular flexibility index (Phi) is 6.42. The van der Waals surface area contributed by atoms with Crippen LogP contribution in [0.5, 0.6) is 0 Å². The number of carbonyl (C=O) groups is 1. The van der Waals surface area contributed by atoms with Gasteiger partial charge in [0.2, 0.25) is 0 Å². The van der Waals surface area contributed by atoms with Gasteiger partial charge < -0.3 is 4.74 Å². The molecule has 0 saturated carbocycles. The van der Waals surface area contributed by atoms with Crippen LogP contribution < -0.4 is 0 Å². The second kappa shape index (κ2) is 6.53. The Balaban J connectivity index is 3.28. The molecule has 0 bridgehead atoms. The lowest BCUT2D eigenvalue weighted by Crippen LogP contribution is -2.04. The maximum absolute atomic E-state index is 10.2. The topological polar surface area (TPSA) is 26.3 Å². The lowest BCUT2D eigenvalue weighted by molar-refractivity contribution is 0.165. The van der Waals surface area contributed by atoms with E-state index in [9.17, 15) is 4.79 Å². The summed E-state index contributed by atoms with van der Waals surface area (Å²) in [7, 11) is 0. The Hall–Kier alpha value is -0.180. The van der Waals surface area contributed by atoms with Crippen LogP contribution >= 0.6 is 12.6 Å². The van der Waals surface area contributed by atoms with Crippen LogP contribution in [0.25, 0.3) is 0 Å². The van der Waals surface area contributed by atoms with Crippen molar-refractivity contribution in [1.29, 1.82) is 0 Å². The standard InChI is InChI=1S/C8H16O2S/c1-3-7(4-2)5-6-10-8(9)11/h7H,3-6H2,1-2H3,(H,9,11). The van der Waals surface area contributed by atoms with Crippen molar-refractivity contribution in [3.8, 4) is 0 Å². The minimum atomic E-state index is -0.476. The predicted octanol–water partition coefficient (Wildman–Crippen LogP) is 2.88. The van der Waals surface area contributed by atoms with E-state index in [2.05, 4.69) is 26.5 Å². The van der Waals surface area contributed by atoms with Gasteiger partial charge >= 0.3 is 5.30 Å². The van der Waals surface area contributed by atoms with Gasteiger partial charge in [0.05, 0.1) is 6.61 Å². The van der Waals surface area contributed by atoms with Crippen molar-refractivity contribution in [1.82, 2.24) is 0 Å². The first-order valence-electron chi connectivity index (χ1n) is 4.06. The molecule has 0 aromatic rings. The van der Waals surface area contributed by atoms with Crippen molar-refractivity contribution in [2.24, 2.45) is 5.92 Å². The first-order chi connectivity index (χ1) is 5.20. The van der Waals surface area contributed by atoms with E-state index in [1.165, 1.54) is 0 Å². The molecule has 66 valence electrons. The van der Waals surface area contributed by atoms with Crippen LogP contribution in [0, 0.1) is 5.92 Å². The highest BCUT2D eigenvalue weighted by molar-refractivity contribution is 7.96. The number of hydrogen-bond donors (Lipinski definition) is 1. The molecule has 0 heterocycles. The molecule has 0 amide bonds. The fraction of sp³-hybridized carbons (Fsp3) is 0.875. The third-order valence-electron chi connectivity index (χ3n) is 1.91. The SMILES string of the molecule is CCC(CC)CCOC(=O)S. The van der Waals surface area contributed by atoms with Gasteiger partial charge in [0.15, 0.2) is 0 Å². The molecule has 0 fully saturated rings. The number of hydrogen-bond acceptors (Lipinski definition) is 2. The van der Waals surface area contributed by atoms with Crippen molar-refractivity contribution in [3.63, 3.8) is 0 Å².